The summed E-state index contributed by atoms with van der Waals surface area (Å²) in [5.41, 5.74) is 2.31. The first-order chi connectivity index (χ1) is 10.1. The van der Waals surface area contributed by atoms with E-state index < -0.39 is 0 Å². The number of hydrogen-bond acceptors (Lipinski definition) is 2. The van der Waals surface area contributed by atoms with E-state index in [4.69, 9.17) is 23.2 Å². The van der Waals surface area contributed by atoms with Gasteiger partial charge in [0.15, 0.2) is 0 Å². The van der Waals surface area contributed by atoms with Crippen LogP contribution in [0.1, 0.15) is 35.0 Å². The highest BCUT2D eigenvalue weighted by molar-refractivity contribution is 6.30. The van der Waals surface area contributed by atoms with Gasteiger partial charge in [0.1, 0.15) is 5.15 Å². The molecule has 1 aromatic heterocycles. The van der Waals surface area contributed by atoms with Crippen molar-refractivity contribution in [3.05, 3.63) is 63.4 Å². The molecular weight excluding hydrogens is 307 g/mol. The molecule has 0 spiro atoms. The Morgan fingerprint density at radius 2 is 2.05 bits per heavy atom. The van der Waals surface area contributed by atoms with Crippen LogP contribution < -0.4 is 5.32 Å². The second-order valence-corrected chi connectivity index (χ2v) is 5.56. The molecule has 1 heterocycles. The van der Waals surface area contributed by atoms with E-state index in [1.54, 1.807) is 18.2 Å². The van der Waals surface area contributed by atoms with Crippen molar-refractivity contribution >= 4 is 29.1 Å². The van der Waals surface area contributed by atoms with Crippen molar-refractivity contribution in [1.82, 2.24) is 10.3 Å². The summed E-state index contributed by atoms with van der Waals surface area (Å²) in [7, 11) is 0. The first-order valence-corrected chi connectivity index (χ1v) is 7.53. The minimum atomic E-state index is -0.170. The molecule has 1 aromatic carbocycles. The summed E-state index contributed by atoms with van der Waals surface area (Å²) >= 11 is 11.9. The van der Waals surface area contributed by atoms with E-state index in [9.17, 15) is 4.79 Å². The predicted molar refractivity (Wildman–Crippen MR) is 85.9 cm³/mol. The molecule has 0 saturated carbocycles. The lowest BCUT2D eigenvalue weighted by Gasteiger charge is -2.08. The standard InChI is InChI=1S/C16H16Cl2N2O/c1-2-4-14-8-12(9-15(18)20-14)16(21)19-10-11-5-3-6-13(17)7-11/h3,5-9H,2,4,10H2,1H3,(H,19,21). The molecule has 0 aliphatic carbocycles. The van der Waals surface area contributed by atoms with Gasteiger partial charge < -0.3 is 5.32 Å². The third-order valence-electron chi connectivity index (χ3n) is 2.96. The highest BCUT2D eigenvalue weighted by atomic mass is 35.5. The highest BCUT2D eigenvalue weighted by Gasteiger charge is 2.09. The van der Waals surface area contributed by atoms with Gasteiger partial charge in [0.05, 0.1) is 0 Å². The maximum Gasteiger partial charge on any atom is 0.251 e. The van der Waals surface area contributed by atoms with Crippen LogP contribution in [0.5, 0.6) is 0 Å². The number of carbonyl (C=O) groups is 1. The van der Waals surface area contributed by atoms with Crippen LogP contribution in [0.4, 0.5) is 0 Å². The molecule has 0 radical (unpaired) electrons. The molecule has 1 N–H and O–H groups in total. The number of amides is 1. The normalized spacial score (nSPS) is 10.4. The fraction of sp³-hybridized carbons (Fsp3) is 0.250. The smallest absolute Gasteiger partial charge is 0.251 e. The molecule has 110 valence electrons. The van der Waals surface area contributed by atoms with Gasteiger partial charge in [-0.3, -0.25) is 4.79 Å². The van der Waals surface area contributed by atoms with Crippen LogP contribution in [-0.4, -0.2) is 10.9 Å². The Bertz CT molecular complexity index is 644. The zero-order valence-electron chi connectivity index (χ0n) is 11.7. The van der Waals surface area contributed by atoms with Gasteiger partial charge in [-0.1, -0.05) is 48.7 Å². The second-order valence-electron chi connectivity index (χ2n) is 4.73. The van der Waals surface area contributed by atoms with E-state index in [2.05, 4.69) is 17.2 Å². The van der Waals surface area contributed by atoms with Crippen LogP contribution in [0.3, 0.4) is 0 Å². The molecule has 2 rings (SSSR count). The average Bonchev–Trinajstić information content (AvgIpc) is 2.44. The van der Waals surface area contributed by atoms with Crippen LogP contribution in [0.2, 0.25) is 10.2 Å². The zero-order chi connectivity index (χ0) is 15.2. The first kappa shape index (κ1) is 15.8. The number of hydrogen-bond donors (Lipinski definition) is 1. The number of rotatable bonds is 5. The molecular formula is C16H16Cl2N2O. The molecule has 0 aliphatic rings. The Labute approximate surface area is 134 Å². The Morgan fingerprint density at radius 1 is 1.24 bits per heavy atom. The Balaban J connectivity index is 2.06. The lowest BCUT2D eigenvalue weighted by Crippen LogP contribution is -2.23. The fourth-order valence-electron chi connectivity index (χ4n) is 2.00. The summed E-state index contributed by atoms with van der Waals surface area (Å²) in [5, 5.41) is 3.85. The maximum atomic E-state index is 12.2. The van der Waals surface area contributed by atoms with Crippen molar-refractivity contribution in [2.45, 2.75) is 26.3 Å². The van der Waals surface area contributed by atoms with Crippen LogP contribution in [0.25, 0.3) is 0 Å². The summed E-state index contributed by atoms with van der Waals surface area (Å²) in [6.07, 6.45) is 1.76. The van der Waals surface area contributed by atoms with Crippen molar-refractivity contribution in [3.8, 4) is 0 Å². The van der Waals surface area contributed by atoms with E-state index >= 15 is 0 Å². The molecule has 5 heteroatoms. The minimum absolute atomic E-state index is 0.170. The molecule has 0 bridgehead atoms. The van der Waals surface area contributed by atoms with E-state index in [0.717, 1.165) is 24.1 Å². The zero-order valence-corrected chi connectivity index (χ0v) is 13.2. The van der Waals surface area contributed by atoms with Gasteiger partial charge in [-0.05, 0) is 36.2 Å². The van der Waals surface area contributed by atoms with Crippen molar-refractivity contribution in [3.63, 3.8) is 0 Å². The van der Waals surface area contributed by atoms with Crippen LogP contribution in [-0.2, 0) is 13.0 Å². The molecule has 0 atom stereocenters. The number of halogens is 2. The third-order valence-corrected chi connectivity index (χ3v) is 3.39. The van der Waals surface area contributed by atoms with E-state index in [0.29, 0.717) is 22.3 Å². The molecule has 2 aromatic rings. The molecule has 21 heavy (non-hydrogen) atoms. The van der Waals surface area contributed by atoms with E-state index in [-0.39, 0.29) is 5.91 Å². The van der Waals surface area contributed by atoms with Crippen LogP contribution in [0.15, 0.2) is 36.4 Å². The van der Waals surface area contributed by atoms with Crippen molar-refractivity contribution < 1.29 is 4.79 Å². The average molecular weight is 323 g/mol. The van der Waals surface area contributed by atoms with Crippen molar-refractivity contribution in [1.29, 1.82) is 0 Å². The Kier molecular flexibility index (Phi) is 5.59. The number of benzene rings is 1. The Morgan fingerprint density at radius 3 is 2.76 bits per heavy atom. The lowest BCUT2D eigenvalue weighted by molar-refractivity contribution is 0.0950. The highest BCUT2D eigenvalue weighted by Crippen LogP contribution is 2.13. The first-order valence-electron chi connectivity index (χ1n) is 6.77. The number of nitrogens with one attached hydrogen (secondary N) is 1. The largest absolute Gasteiger partial charge is 0.348 e. The summed E-state index contributed by atoms with van der Waals surface area (Å²) in [4.78, 5) is 16.4. The number of carbonyl (C=O) groups excluding carboxylic acids is 1. The molecule has 0 fully saturated rings. The van der Waals surface area contributed by atoms with Gasteiger partial charge in [0, 0.05) is 22.8 Å². The van der Waals surface area contributed by atoms with E-state index in [1.165, 1.54) is 0 Å². The maximum absolute atomic E-state index is 12.2. The number of nitrogens with zero attached hydrogens (tertiary/aromatic N) is 1. The quantitative estimate of drug-likeness (QED) is 0.835. The van der Waals surface area contributed by atoms with Crippen LogP contribution >= 0.6 is 23.2 Å². The third kappa shape index (κ3) is 4.73. The molecule has 0 aliphatic heterocycles. The molecule has 0 unspecified atom stereocenters. The topological polar surface area (TPSA) is 42.0 Å². The van der Waals surface area contributed by atoms with Gasteiger partial charge in [-0.2, -0.15) is 0 Å². The summed E-state index contributed by atoms with van der Waals surface area (Å²) < 4.78 is 0. The predicted octanol–water partition coefficient (Wildman–Crippen LogP) is 4.27. The number of aryl methyl sites for hydroxylation is 1. The summed E-state index contributed by atoms with van der Waals surface area (Å²) in [6.45, 7) is 2.48. The second kappa shape index (κ2) is 7.43. The Hall–Kier alpha value is -1.58. The van der Waals surface area contributed by atoms with Gasteiger partial charge in [0.25, 0.3) is 5.91 Å². The fourth-order valence-corrected chi connectivity index (χ4v) is 2.44. The van der Waals surface area contributed by atoms with Crippen molar-refractivity contribution in [2.75, 3.05) is 0 Å². The molecule has 1 amide bonds. The van der Waals surface area contributed by atoms with Crippen molar-refractivity contribution in [2.24, 2.45) is 0 Å². The van der Waals surface area contributed by atoms with Gasteiger partial charge >= 0.3 is 0 Å². The summed E-state index contributed by atoms with van der Waals surface area (Å²) in [6, 6.07) is 10.7. The molecule has 3 nitrogen and oxygen atoms in total. The monoisotopic (exact) mass is 322 g/mol. The minimum Gasteiger partial charge on any atom is -0.348 e. The van der Waals surface area contributed by atoms with Crippen LogP contribution in [0, 0.1) is 0 Å². The summed E-state index contributed by atoms with van der Waals surface area (Å²) in [5.74, 6) is -0.170. The molecule has 0 saturated heterocycles. The lowest BCUT2D eigenvalue weighted by atomic mass is 10.1. The SMILES string of the molecule is CCCc1cc(C(=O)NCc2cccc(Cl)c2)cc(Cl)n1. The number of aromatic nitrogens is 1. The van der Waals surface area contributed by atoms with Gasteiger partial charge in [-0.25, -0.2) is 4.98 Å². The number of pyridine rings is 1. The van der Waals surface area contributed by atoms with E-state index in [1.807, 2.05) is 18.2 Å². The van der Waals surface area contributed by atoms with Gasteiger partial charge in [0.2, 0.25) is 0 Å². The van der Waals surface area contributed by atoms with Gasteiger partial charge in [-0.15, -0.1) is 0 Å².